The molecule has 2 rings (SSSR count). The van der Waals surface area contributed by atoms with Gasteiger partial charge in [-0.05, 0) is 73.9 Å². The van der Waals surface area contributed by atoms with Crippen LogP contribution in [0.3, 0.4) is 0 Å². The van der Waals surface area contributed by atoms with Crippen molar-refractivity contribution in [3.05, 3.63) is 59.7 Å². The highest BCUT2D eigenvalue weighted by Gasteiger charge is 2.19. The maximum absolute atomic E-state index is 12.5. The van der Waals surface area contributed by atoms with Crippen LogP contribution in [0.5, 0.6) is 11.5 Å². The lowest BCUT2D eigenvalue weighted by molar-refractivity contribution is -0.128. The molecule has 0 aliphatic rings. The van der Waals surface area contributed by atoms with Crippen molar-refractivity contribution in [2.45, 2.75) is 78.4 Å². The molecule has 0 spiro atoms. The number of ether oxygens (including phenoxy) is 2. The van der Waals surface area contributed by atoms with Crippen LogP contribution in [0.1, 0.15) is 65.5 Å². The highest BCUT2D eigenvalue weighted by molar-refractivity contribution is 5.81. The first-order valence-corrected chi connectivity index (χ1v) is 11.0. The summed E-state index contributed by atoms with van der Waals surface area (Å²) in [5.74, 6) is 1.56. The third kappa shape index (κ3) is 7.74. The van der Waals surface area contributed by atoms with E-state index in [1.165, 1.54) is 11.1 Å². The maximum atomic E-state index is 12.5. The Balaban J connectivity index is 1.80. The van der Waals surface area contributed by atoms with Gasteiger partial charge in [-0.2, -0.15) is 0 Å². The predicted octanol–water partition coefficient (Wildman–Crippen LogP) is 5.68. The van der Waals surface area contributed by atoms with Crippen LogP contribution < -0.4 is 14.8 Å². The van der Waals surface area contributed by atoms with E-state index in [0.29, 0.717) is 13.0 Å². The van der Waals surface area contributed by atoms with Crippen LogP contribution in [-0.4, -0.2) is 24.7 Å². The van der Waals surface area contributed by atoms with Crippen molar-refractivity contribution < 1.29 is 14.3 Å². The molecule has 1 unspecified atom stereocenters. The van der Waals surface area contributed by atoms with E-state index in [1.54, 1.807) is 0 Å². The molecule has 0 fully saturated rings. The standard InChI is InChI=1S/C26H37NO3/c1-7-24(30-22-15-13-21(14-16-22)26(4,5)6)25(28)27-17-9-11-20-10-8-12-23(18-20)29-19(2)3/h8,10,12-16,18-19,24H,7,9,11,17H2,1-6H3,(H,27,28). The topological polar surface area (TPSA) is 47.6 Å². The van der Waals surface area contributed by atoms with Gasteiger partial charge in [-0.25, -0.2) is 0 Å². The van der Waals surface area contributed by atoms with Crippen LogP contribution in [0.25, 0.3) is 0 Å². The highest BCUT2D eigenvalue weighted by Crippen LogP contribution is 2.25. The van der Waals surface area contributed by atoms with Crippen molar-refractivity contribution in [1.29, 1.82) is 0 Å². The largest absolute Gasteiger partial charge is 0.491 e. The minimum atomic E-state index is -0.478. The van der Waals surface area contributed by atoms with Gasteiger partial charge in [0.1, 0.15) is 11.5 Å². The molecule has 0 aliphatic heterocycles. The van der Waals surface area contributed by atoms with Crippen LogP contribution in [0.2, 0.25) is 0 Å². The fourth-order valence-corrected chi connectivity index (χ4v) is 3.18. The predicted molar refractivity (Wildman–Crippen MR) is 123 cm³/mol. The number of benzene rings is 2. The highest BCUT2D eigenvalue weighted by atomic mass is 16.5. The quantitative estimate of drug-likeness (QED) is 0.512. The lowest BCUT2D eigenvalue weighted by Crippen LogP contribution is -2.38. The van der Waals surface area contributed by atoms with Crippen molar-refractivity contribution in [3.8, 4) is 11.5 Å². The lowest BCUT2D eigenvalue weighted by Gasteiger charge is -2.21. The minimum absolute atomic E-state index is 0.0608. The normalized spacial score (nSPS) is 12.5. The summed E-state index contributed by atoms with van der Waals surface area (Å²) in [5, 5.41) is 3.01. The lowest BCUT2D eigenvalue weighted by atomic mass is 9.87. The van der Waals surface area contributed by atoms with Crippen LogP contribution in [-0.2, 0) is 16.6 Å². The van der Waals surface area contributed by atoms with Gasteiger partial charge in [0, 0.05) is 6.54 Å². The van der Waals surface area contributed by atoms with Gasteiger partial charge in [-0.1, -0.05) is 52.0 Å². The smallest absolute Gasteiger partial charge is 0.261 e. The number of rotatable bonds is 10. The van der Waals surface area contributed by atoms with E-state index in [4.69, 9.17) is 9.47 Å². The summed E-state index contributed by atoms with van der Waals surface area (Å²) < 4.78 is 11.7. The molecule has 2 aromatic carbocycles. The van der Waals surface area contributed by atoms with E-state index in [1.807, 2.05) is 45.0 Å². The maximum Gasteiger partial charge on any atom is 0.261 e. The minimum Gasteiger partial charge on any atom is -0.491 e. The molecule has 0 radical (unpaired) electrons. The van der Waals surface area contributed by atoms with Crippen molar-refractivity contribution in [2.24, 2.45) is 0 Å². The summed E-state index contributed by atoms with van der Waals surface area (Å²) in [4.78, 5) is 12.5. The number of hydrogen-bond acceptors (Lipinski definition) is 3. The fourth-order valence-electron chi connectivity index (χ4n) is 3.18. The van der Waals surface area contributed by atoms with Gasteiger partial charge in [-0.15, -0.1) is 0 Å². The summed E-state index contributed by atoms with van der Waals surface area (Å²) in [7, 11) is 0. The van der Waals surface area contributed by atoms with Crippen molar-refractivity contribution in [2.75, 3.05) is 6.54 Å². The number of hydrogen-bond donors (Lipinski definition) is 1. The zero-order valence-electron chi connectivity index (χ0n) is 19.3. The van der Waals surface area contributed by atoms with Crippen molar-refractivity contribution in [1.82, 2.24) is 5.32 Å². The van der Waals surface area contributed by atoms with E-state index >= 15 is 0 Å². The Morgan fingerprint density at radius 3 is 2.30 bits per heavy atom. The molecule has 0 aliphatic carbocycles. The number of carbonyl (C=O) groups excluding carboxylic acids is 1. The van der Waals surface area contributed by atoms with Gasteiger partial charge in [0.25, 0.3) is 5.91 Å². The Morgan fingerprint density at radius 1 is 1.00 bits per heavy atom. The van der Waals surface area contributed by atoms with E-state index in [0.717, 1.165) is 24.3 Å². The molecule has 164 valence electrons. The molecule has 0 saturated carbocycles. The van der Waals surface area contributed by atoms with Crippen LogP contribution in [0.4, 0.5) is 0 Å². The Hall–Kier alpha value is -2.49. The van der Waals surface area contributed by atoms with Gasteiger partial charge >= 0.3 is 0 Å². The first-order valence-electron chi connectivity index (χ1n) is 11.0. The summed E-state index contributed by atoms with van der Waals surface area (Å²) in [6, 6.07) is 16.2. The van der Waals surface area contributed by atoms with E-state index in [2.05, 4.69) is 50.4 Å². The third-order valence-corrected chi connectivity index (χ3v) is 4.87. The molecule has 30 heavy (non-hydrogen) atoms. The van der Waals surface area contributed by atoms with Crippen molar-refractivity contribution >= 4 is 5.91 Å². The average Bonchev–Trinajstić information content (AvgIpc) is 2.68. The third-order valence-electron chi connectivity index (χ3n) is 4.87. The van der Waals surface area contributed by atoms with Crippen LogP contribution in [0.15, 0.2) is 48.5 Å². The van der Waals surface area contributed by atoms with Crippen LogP contribution >= 0.6 is 0 Å². The second-order valence-electron chi connectivity index (χ2n) is 9.00. The molecular formula is C26H37NO3. The summed E-state index contributed by atoms with van der Waals surface area (Å²) >= 11 is 0. The van der Waals surface area contributed by atoms with Gasteiger partial charge in [-0.3, -0.25) is 4.79 Å². The molecule has 1 N–H and O–H groups in total. The zero-order valence-corrected chi connectivity index (χ0v) is 19.3. The molecule has 1 amide bonds. The van der Waals surface area contributed by atoms with Gasteiger partial charge in [0.2, 0.25) is 0 Å². The molecule has 0 aromatic heterocycles. The fraction of sp³-hybridized carbons (Fsp3) is 0.500. The number of carbonyl (C=O) groups is 1. The van der Waals surface area contributed by atoms with Gasteiger partial charge in [0.15, 0.2) is 6.10 Å². The Labute approximate surface area is 182 Å². The Kier molecular flexibility index (Phi) is 8.76. The number of amides is 1. The Morgan fingerprint density at radius 2 is 1.70 bits per heavy atom. The molecule has 2 aromatic rings. The van der Waals surface area contributed by atoms with E-state index in [9.17, 15) is 4.79 Å². The molecule has 1 atom stereocenters. The van der Waals surface area contributed by atoms with E-state index < -0.39 is 6.10 Å². The second-order valence-corrected chi connectivity index (χ2v) is 9.00. The summed E-state index contributed by atoms with van der Waals surface area (Å²) in [6.07, 6.45) is 2.07. The molecule has 0 bridgehead atoms. The van der Waals surface area contributed by atoms with E-state index in [-0.39, 0.29) is 17.4 Å². The molecule has 0 saturated heterocycles. The average molecular weight is 412 g/mol. The molecule has 0 heterocycles. The Bertz CT molecular complexity index is 791. The van der Waals surface area contributed by atoms with Gasteiger partial charge < -0.3 is 14.8 Å². The molecular weight excluding hydrogens is 374 g/mol. The summed E-state index contributed by atoms with van der Waals surface area (Å²) in [5.41, 5.74) is 2.56. The van der Waals surface area contributed by atoms with Crippen molar-refractivity contribution in [3.63, 3.8) is 0 Å². The molecule has 4 nitrogen and oxygen atoms in total. The van der Waals surface area contributed by atoms with Gasteiger partial charge in [0.05, 0.1) is 6.10 Å². The zero-order chi connectivity index (χ0) is 22.1. The second kappa shape index (κ2) is 11.1. The number of aryl methyl sites for hydroxylation is 1. The SMILES string of the molecule is CCC(Oc1ccc(C(C)(C)C)cc1)C(=O)NCCCc1cccc(OC(C)C)c1. The van der Waals surface area contributed by atoms with Crippen LogP contribution in [0, 0.1) is 0 Å². The first kappa shape index (κ1) is 23.8. The first-order chi connectivity index (χ1) is 14.2. The number of nitrogens with one attached hydrogen (secondary N) is 1. The summed E-state index contributed by atoms with van der Waals surface area (Å²) in [6.45, 7) is 13.2. The monoisotopic (exact) mass is 411 g/mol. The molecule has 4 heteroatoms.